The zero-order chi connectivity index (χ0) is 17.5. The van der Waals surface area contributed by atoms with Gasteiger partial charge >= 0.3 is 0 Å². The van der Waals surface area contributed by atoms with Gasteiger partial charge in [-0.2, -0.15) is 0 Å². The van der Waals surface area contributed by atoms with Crippen molar-refractivity contribution in [1.29, 1.82) is 0 Å². The Balaban J connectivity index is 1.59. The van der Waals surface area contributed by atoms with Crippen molar-refractivity contribution < 1.29 is 19.0 Å². The summed E-state index contributed by atoms with van der Waals surface area (Å²) in [5.74, 6) is 0.489. The number of benzene rings is 2. The second kappa shape index (κ2) is 8.43. The van der Waals surface area contributed by atoms with Crippen LogP contribution in [0.5, 0.6) is 5.75 Å². The Morgan fingerprint density at radius 2 is 1.76 bits per heavy atom. The first-order valence-electron chi connectivity index (χ1n) is 8.63. The molecule has 2 aromatic carbocycles. The van der Waals surface area contributed by atoms with Crippen LogP contribution in [0, 0.1) is 5.82 Å². The third-order valence-corrected chi connectivity index (χ3v) is 4.60. The molecule has 0 aliphatic carbocycles. The molecule has 2 aromatic rings. The lowest BCUT2D eigenvalue weighted by atomic mass is 9.82. The average Bonchev–Trinajstić information content (AvgIpc) is 2.67. The molecule has 134 valence electrons. The summed E-state index contributed by atoms with van der Waals surface area (Å²) in [5, 5.41) is 13.7. The van der Waals surface area contributed by atoms with Crippen LogP contribution in [0.3, 0.4) is 0 Å². The highest BCUT2D eigenvalue weighted by Crippen LogP contribution is 2.32. The summed E-state index contributed by atoms with van der Waals surface area (Å²) in [6.45, 7) is 1.89. The number of ether oxygens (including phenoxy) is 2. The highest BCUT2D eigenvalue weighted by Gasteiger charge is 2.34. The smallest absolute Gasteiger partial charge is 0.123 e. The Labute approximate surface area is 147 Å². The Morgan fingerprint density at radius 1 is 1.08 bits per heavy atom. The summed E-state index contributed by atoms with van der Waals surface area (Å²) in [4.78, 5) is 0. The fourth-order valence-corrected chi connectivity index (χ4v) is 3.14. The van der Waals surface area contributed by atoms with E-state index in [0.717, 1.165) is 24.2 Å². The van der Waals surface area contributed by atoms with Crippen molar-refractivity contribution in [3.8, 4) is 5.75 Å². The van der Waals surface area contributed by atoms with Gasteiger partial charge in [0.25, 0.3) is 0 Å². The minimum Gasteiger partial charge on any atom is -0.491 e. The molecule has 1 fully saturated rings. The van der Waals surface area contributed by atoms with Crippen molar-refractivity contribution in [3.05, 3.63) is 66.0 Å². The number of aliphatic hydroxyl groups excluding tert-OH is 1. The maximum absolute atomic E-state index is 13.3. The lowest BCUT2D eigenvalue weighted by Crippen LogP contribution is -2.50. The van der Waals surface area contributed by atoms with Gasteiger partial charge in [0, 0.05) is 25.3 Å². The molecule has 2 N–H and O–H groups in total. The molecule has 1 saturated heterocycles. The highest BCUT2D eigenvalue weighted by atomic mass is 19.1. The molecular weight excluding hydrogens is 321 g/mol. The van der Waals surface area contributed by atoms with Crippen LogP contribution in [0.25, 0.3) is 0 Å². The van der Waals surface area contributed by atoms with E-state index >= 15 is 0 Å². The molecule has 1 aliphatic rings. The SMILES string of the molecule is OC(CNC1(c2ccc(F)cc2)CCOCC1)COc1ccccc1. The number of hydrogen-bond donors (Lipinski definition) is 2. The fraction of sp³-hybridized carbons (Fsp3) is 0.400. The standard InChI is InChI=1S/C20H24FNO3/c21-17-8-6-16(7-9-17)20(10-12-24-13-11-20)22-14-18(23)15-25-19-4-2-1-3-5-19/h1-9,18,22-23H,10-15H2. The Kier molecular flexibility index (Phi) is 6.02. The van der Waals surface area contributed by atoms with Crippen molar-refractivity contribution >= 4 is 0 Å². The minimum atomic E-state index is -0.639. The third kappa shape index (κ3) is 4.78. The van der Waals surface area contributed by atoms with Gasteiger partial charge in [0.15, 0.2) is 0 Å². The zero-order valence-electron chi connectivity index (χ0n) is 14.2. The van der Waals surface area contributed by atoms with Gasteiger partial charge in [-0.05, 0) is 42.7 Å². The maximum atomic E-state index is 13.3. The van der Waals surface area contributed by atoms with E-state index in [1.165, 1.54) is 12.1 Å². The molecule has 1 atom stereocenters. The molecule has 0 amide bonds. The van der Waals surface area contributed by atoms with Gasteiger partial charge in [0.05, 0.1) is 0 Å². The number of aliphatic hydroxyl groups is 1. The van der Waals surface area contributed by atoms with Gasteiger partial charge in [0.1, 0.15) is 24.3 Å². The van der Waals surface area contributed by atoms with Crippen LogP contribution >= 0.6 is 0 Å². The monoisotopic (exact) mass is 345 g/mol. The fourth-order valence-electron chi connectivity index (χ4n) is 3.14. The van der Waals surface area contributed by atoms with Crippen LogP contribution in [-0.4, -0.2) is 37.6 Å². The molecule has 0 saturated carbocycles. The van der Waals surface area contributed by atoms with E-state index in [4.69, 9.17) is 9.47 Å². The van der Waals surface area contributed by atoms with Crippen LogP contribution in [0.4, 0.5) is 4.39 Å². The van der Waals surface area contributed by atoms with Crippen molar-refractivity contribution in [1.82, 2.24) is 5.32 Å². The van der Waals surface area contributed by atoms with E-state index < -0.39 is 6.10 Å². The molecule has 3 rings (SSSR count). The Bertz CT molecular complexity index is 642. The van der Waals surface area contributed by atoms with E-state index in [1.54, 1.807) is 12.1 Å². The largest absolute Gasteiger partial charge is 0.491 e. The molecule has 0 spiro atoms. The van der Waals surface area contributed by atoms with Crippen LogP contribution in [-0.2, 0) is 10.3 Å². The Morgan fingerprint density at radius 3 is 2.44 bits per heavy atom. The second-order valence-electron chi connectivity index (χ2n) is 6.36. The minimum absolute atomic E-state index is 0.215. The van der Waals surface area contributed by atoms with Crippen molar-refractivity contribution in [3.63, 3.8) is 0 Å². The molecule has 1 heterocycles. The lowest BCUT2D eigenvalue weighted by molar-refractivity contribution is 0.0257. The summed E-state index contributed by atoms with van der Waals surface area (Å²) in [5.41, 5.74) is 0.716. The highest BCUT2D eigenvalue weighted by molar-refractivity contribution is 5.26. The number of rotatable bonds is 7. The maximum Gasteiger partial charge on any atom is 0.123 e. The number of halogens is 1. The zero-order valence-corrected chi connectivity index (χ0v) is 14.2. The molecule has 0 bridgehead atoms. The van der Waals surface area contributed by atoms with Crippen molar-refractivity contribution in [2.24, 2.45) is 0 Å². The van der Waals surface area contributed by atoms with Crippen LogP contribution in [0.1, 0.15) is 18.4 Å². The van der Waals surface area contributed by atoms with E-state index in [9.17, 15) is 9.50 Å². The van der Waals surface area contributed by atoms with Crippen LogP contribution in [0.15, 0.2) is 54.6 Å². The number of nitrogens with one attached hydrogen (secondary N) is 1. The van der Waals surface area contributed by atoms with E-state index in [-0.39, 0.29) is 18.0 Å². The lowest BCUT2D eigenvalue weighted by Gasteiger charge is -2.39. The predicted molar refractivity (Wildman–Crippen MR) is 94.1 cm³/mol. The van der Waals surface area contributed by atoms with E-state index in [1.807, 2.05) is 30.3 Å². The van der Waals surface area contributed by atoms with Gasteiger partial charge in [0.2, 0.25) is 0 Å². The van der Waals surface area contributed by atoms with Gasteiger partial charge in [-0.15, -0.1) is 0 Å². The molecule has 1 aliphatic heterocycles. The van der Waals surface area contributed by atoms with Crippen LogP contribution < -0.4 is 10.1 Å². The van der Waals surface area contributed by atoms with Crippen molar-refractivity contribution in [2.75, 3.05) is 26.4 Å². The summed E-state index contributed by atoms with van der Waals surface area (Å²) >= 11 is 0. The quantitative estimate of drug-likeness (QED) is 0.810. The summed E-state index contributed by atoms with van der Waals surface area (Å²) in [6.07, 6.45) is 0.927. The number of para-hydroxylation sites is 1. The van der Waals surface area contributed by atoms with Gasteiger partial charge in [-0.3, -0.25) is 0 Å². The van der Waals surface area contributed by atoms with Gasteiger partial charge in [-0.25, -0.2) is 4.39 Å². The molecule has 0 aromatic heterocycles. The summed E-state index contributed by atoms with van der Waals surface area (Å²) in [7, 11) is 0. The van der Waals surface area contributed by atoms with E-state index in [0.29, 0.717) is 19.8 Å². The first kappa shape index (κ1) is 17.9. The summed E-state index contributed by atoms with van der Waals surface area (Å²) in [6, 6.07) is 16.0. The number of hydrogen-bond acceptors (Lipinski definition) is 4. The average molecular weight is 345 g/mol. The van der Waals surface area contributed by atoms with Gasteiger partial charge < -0.3 is 19.9 Å². The van der Waals surface area contributed by atoms with Crippen molar-refractivity contribution in [2.45, 2.75) is 24.5 Å². The molecule has 0 radical (unpaired) electrons. The third-order valence-electron chi connectivity index (χ3n) is 4.60. The molecule has 1 unspecified atom stereocenters. The molecule has 25 heavy (non-hydrogen) atoms. The first-order valence-corrected chi connectivity index (χ1v) is 8.63. The molecular formula is C20H24FNO3. The van der Waals surface area contributed by atoms with Crippen LogP contribution in [0.2, 0.25) is 0 Å². The Hall–Kier alpha value is -1.95. The summed E-state index contributed by atoms with van der Waals surface area (Å²) < 4.78 is 24.3. The predicted octanol–water partition coefficient (Wildman–Crippen LogP) is 2.86. The normalized spacial score (nSPS) is 17.8. The molecule has 4 nitrogen and oxygen atoms in total. The molecule has 5 heteroatoms. The van der Waals surface area contributed by atoms with E-state index in [2.05, 4.69) is 5.32 Å². The second-order valence-corrected chi connectivity index (χ2v) is 6.36. The van der Waals surface area contributed by atoms with Gasteiger partial charge in [-0.1, -0.05) is 30.3 Å². The topological polar surface area (TPSA) is 50.7 Å². The first-order chi connectivity index (χ1) is 12.2.